The first-order chi connectivity index (χ1) is 9.80. The molecule has 1 aromatic rings. The second kappa shape index (κ2) is 10.2. The van der Waals surface area contributed by atoms with E-state index >= 15 is 0 Å². The van der Waals surface area contributed by atoms with Crippen molar-refractivity contribution in [2.45, 2.75) is 33.6 Å². The van der Waals surface area contributed by atoms with Crippen LogP contribution in [0, 0.1) is 0 Å². The van der Waals surface area contributed by atoms with E-state index in [-0.39, 0.29) is 0 Å². The van der Waals surface area contributed by atoms with Crippen molar-refractivity contribution in [3.05, 3.63) is 0 Å². The first-order valence-corrected chi connectivity index (χ1v) is 7.24. The molecule has 1 heterocycles. The molecule has 0 radical (unpaired) electrons. The molecule has 1 aromatic heterocycles. The van der Waals surface area contributed by atoms with Gasteiger partial charge in [-0.15, -0.1) is 0 Å². The molecule has 0 saturated heterocycles. The SMILES string of the molecule is CCCNc1nc(NCCCOCC)nc(OCC)n1. The summed E-state index contributed by atoms with van der Waals surface area (Å²) in [5.74, 6) is 1.07. The van der Waals surface area contributed by atoms with Gasteiger partial charge in [0.1, 0.15) is 0 Å². The molecule has 20 heavy (non-hydrogen) atoms. The standard InChI is InChI=1S/C13H25N5O2/c1-4-8-14-11-16-12(15-9-7-10-19-5-2)18-13(17-11)20-6-3/h4-10H2,1-3H3,(H2,14,15,16,17,18). The summed E-state index contributed by atoms with van der Waals surface area (Å²) in [7, 11) is 0. The smallest absolute Gasteiger partial charge is 0.323 e. The lowest BCUT2D eigenvalue weighted by Crippen LogP contribution is -2.13. The van der Waals surface area contributed by atoms with E-state index in [1.165, 1.54) is 0 Å². The number of nitrogens with zero attached hydrogens (tertiary/aromatic N) is 3. The van der Waals surface area contributed by atoms with Crippen LogP contribution in [0.1, 0.15) is 33.6 Å². The van der Waals surface area contributed by atoms with Gasteiger partial charge < -0.3 is 20.1 Å². The van der Waals surface area contributed by atoms with Crippen molar-refractivity contribution < 1.29 is 9.47 Å². The Labute approximate surface area is 120 Å². The van der Waals surface area contributed by atoms with Gasteiger partial charge in [-0.3, -0.25) is 0 Å². The molecular formula is C13H25N5O2. The van der Waals surface area contributed by atoms with Crippen LogP contribution in [0.4, 0.5) is 11.9 Å². The summed E-state index contributed by atoms with van der Waals surface area (Å²) in [4.78, 5) is 12.7. The molecule has 0 fully saturated rings. The van der Waals surface area contributed by atoms with Gasteiger partial charge in [-0.25, -0.2) is 0 Å². The second-order valence-corrected chi connectivity index (χ2v) is 4.10. The van der Waals surface area contributed by atoms with Crippen LogP contribution in [0.2, 0.25) is 0 Å². The highest BCUT2D eigenvalue weighted by atomic mass is 16.5. The molecule has 0 unspecified atom stereocenters. The van der Waals surface area contributed by atoms with Gasteiger partial charge in [0, 0.05) is 26.3 Å². The van der Waals surface area contributed by atoms with Gasteiger partial charge in [0.15, 0.2) is 0 Å². The van der Waals surface area contributed by atoms with Crippen LogP contribution in [-0.4, -0.2) is 47.9 Å². The van der Waals surface area contributed by atoms with E-state index < -0.39 is 0 Å². The number of nitrogens with one attached hydrogen (secondary N) is 2. The van der Waals surface area contributed by atoms with E-state index in [1.807, 2.05) is 13.8 Å². The third-order valence-electron chi connectivity index (χ3n) is 2.37. The quantitative estimate of drug-likeness (QED) is 0.600. The minimum Gasteiger partial charge on any atom is -0.464 e. The molecule has 0 aliphatic rings. The van der Waals surface area contributed by atoms with Crippen LogP contribution in [0.5, 0.6) is 6.01 Å². The van der Waals surface area contributed by atoms with Gasteiger partial charge in [-0.05, 0) is 26.7 Å². The van der Waals surface area contributed by atoms with Gasteiger partial charge >= 0.3 is 6.01 Å². The van der Waals surface area contributed by atoms with Crippen molar-refractivity contribution in [3.8, 4) is 6.01 Å². The lowest BCUT2D eigenvalue weighted by atomic mass is 10.4. The summed E-state index contributed by atoms with van der Waals surface area (Å²) in [6.45, 7) is 9.55. The molecule has 0 bridgehead atoms. The van der Waals surface area contributed by atoms with Gasteiger partial charge in [0.2, 0.25) is 11.9 Å². The van der Waals surface area contributed by atoms with Crippen molar-refractivity contribution in [2.24, 2.45) is 0 Å². The van der Waals surface area contributed by atoms with E-state index in [9.17, 15) is 0 Å². The summed E-state index contributed by atoms with van der Waals surface area (Å²) in [6.07, 6.45) is 1.91. The molecule has 0 spiro atoms. The van der Waals surface area contributed by atoms with E-state index in [2.05, 4.69) is 32.5 Å². The monoisotopic (exact) mass is 283 g/mol. The van der Waals surface area contributed by atoms with Crippen LogP contribution < -0.4 is 15.4 Å². The molecule has 7 nitrogen and oxygen atoms in total. The zero-order valence-electron chi connectivity index (χ0n) is 12.6. The Balaban J connectivity index is 2.55. The van der Waals surface area contributed by atoms with Crippen LogP contribution in [0.3, 0.4) is 0 Å². The molecule has 1 rings (SSSR count). The van der Waals surface area contributed by atoms with Gasteiger partial charge in [-0.2, -0.15) is 15.0 Å². The maximum Gasteiger partial charge on any atom is 0.323 e. The molecule has 114 valence electrons. The Morgan fingerprint density at radius 3 is 2.20 bits per heavy atom. The van der Waals surface area contributed by atoms with Crippen LogP contribution >= 0.6 is 0 Å². The minimum absolute atomic E-state index is 0.341. The van der Waals surface area contributed by atoms with E-state index in [0.717, 1.165) is 39.1 Å². The number of hydrogen-bond donors (Lipinski definition) is 2. The largest absolute Gasteiger partial charge is 0.464 e. The van der Waals surface area contributed by atoms with Gasteiger partial charge in [0.25, 0.3) is 0 Å². The van der Waals surface area contributed by atoms with Gasteiger partial charge in [0.05, 0.1) is 6.61 Å². The number of hydrogen-bond acceptors (Lipinski definition) is 7. The Hall–Kier alpha value is -1.63. The average Bonchev–Trinajstić information content (AvgIpc) is 2.45. The highest BCUT2D eigenvalue weighted by Crippen LogP contribution is 2.11. The van der Waals surface area contributed by atoms with Crippen molar-refractivity contribution >= 4 is 11.9 Å². The van der Waals surface area contributed by atoms with Crippen LogP contribution in [0.25, 0.3) is 0 Å². The zero-order valence-corrected chi connectivity index (χ0v) is 12.6. The molecule has 0 atom stereocenters. The normalized spacial score (nSPS) is 10.3. The predicted octanol–water partition coefficient (Wildman–Crippen LogP) is 1.93. The molecule has 2 N–H and O–H groups in total. The van der Waals surface area contributed by atoms with E-state index in [0.29, 0.717) is 24.5 Å². The maximum atomic E-state index is 5.35. The van der Waals surface area contributed by atoms with Crippen molar-refractivity contribution in [2.75, 3.05) is 43.5 Å². The van der Waals surface area contributed by atoms with Crippen LogP contribution in [-0.2, 0) is 4.74 Å². The van der Waals surface area contributed by atoms with Crippen molar-refractivity contribution in [3.63, 3.8) is 0 Å². The summed E-state index contributed by atoms with van der Waals surface area (Å²) in [5, 5.41) is 6.29. The van der Waals surface area contributed by atoms with Gasteiger partial charge in [-0.1, -0.05) is 6.92 Å². The van der Waals surface area contributed by atoms with Crippen LogP contribution in [0.15, 0.2) is 0 Å². The Morgan fingerprint density at radius 1 is 0.900 bits per heavy atom. The third kappa shape index (κ3) is 6.51. The number of ether oxygens (including phenoxy) is 2. The molecule has 0 saturated carbocycles. The van der Waals surface area contributed by atoms with E-state index in [1.54, 1.807) is 0 Å². The Kier molecular flexibility index (Phi) is 8.37. The fourth-order valence-corrected chi connectivity index (χ4v) is 1.46. The highest BCUT2D eigenvalue weighted by Gasteiger charge is 2.06. The number of aromatic nitrogens is 3. The lowest BCUT2D eigenvalue weighted by molar-refractivity contribution is 0.147. The van der Waals surface area contributed by atoms with E-state index in [4.69, 9.17) is 9.47 Å². The topological polar surface area (TPSA) is 81.2 Å². The van der Waals surface area contributed by atoms with Crippen molar-refractivity contribution in [1.29, 1.82) is 0 Å². The average molecular weight is 283 g/mol. The fraction of sp³-hybridized carbons (Fsp3) is 0.769. The highest BCUT2D eigenvalue weighted by molar-refractivity contribution is 5.35. The third-order valence-corrected chi connectivity index (χ3v) is 2.37. The molecule has 0 aliphatic carbocycles. The maximum absolute atomic E-state index is 5.35. The molecule has 0 aliphatic heterocycles. The molecule has 7 heteroatoms. The minimum atomic E-state index is 0.341. The Morgan fingerprint density at radius 2 is 1.60 bits per heavy atom. The molecule has 0 amide bonds. The second-order valence-electron chi connectivity index (χ2n) is 4.10. The fourth-order valence-electron chi connectivity index (χ4n) is 1.46. The number of rotatable bonds is 11. The lowest BCUT2D eigenvalue weighted by Gasteiger charge is -2.09. The Bertz CT molecular complexity index is 376. The predicted molar refractivity (Wildman–Crippen MR) is 79.4 cm³/mol. The van der Waals surface area contributed by atoms with Crippen molar-refractivity contribution in [1.82, 2.24) is 15.0 Å². The zero-order chi connectivity index (χ0) is 14.6. The number of anilines is 2. The first kappa shape index (κ1) is 16.4. The molecule has 0 aromatic carbocycles. The summed E-state index contributed by atoms with van der Waals surface area (Å²) in [6, 6.07) is 0.341. The summed E-state index contributed by atoms with van der Waals surface area (Å²) in [5.41, 5.74) is 0. The summed E-state index contributed by atoms with van der Waals surface area (Å²) >= 11 is 0. The molecular weight excluding hydrogens is 258 g/mol. The summed E-state index contributed by atoms with van der Waals surface area (Å²) < 4.78 is 10.6. The first-order valence-electron chi connectivity index (χ1n) is 7.24.